The quantitative estimate of drug-likeness (QED) is 0.668. The summed E-state index contributed by atoms with van der Waals surface area (Å²) in [4.78, 5) is 0. The second kappa shape index (κ2) is 4.10. The van der Waals surface area contributed by atoms with Crippen LogP contribution in [0, 0.1) is 0 Å². The lowest BCUT2D eigenvalue weighted by atomic mass is 10.4. The normalized spacial score (nSPS) is 10.4. The lowest BCUT2D eigenvalue weighted by molar-refractivity contribution is 0.183. The van der Waals surface area contributed by atoms with Crippen molar-refractivity contribution < 1.29 is 9.84 Å². The molecule has 0 bridgehead atoms. The molecule has 1 N–H and O–H groups in total. The smallest absolute Gasteiger partial charge is 0.0712 e. The van der Waals surface area contributed by atoms with Crippen molar-refractivity contribution in [3.8, 4) is 0 Å². The number of hydrogen-bond donors (Lipinski definition) is 1. The summed E-state index contributed by atoms with van der Waals surface area (Å²) in [6.07, 6.45) is 3.45. The van der Waals surface area contributed by atoms with Gasteiger partial charge in [-0.15, -0.1) is 0 Å². The molecule has 0 aliphatic heterocycles. The van der Waals surface area contributed by atoms with E-state index in [2.05, 4.69) is 5.10 Å². The largest absolute Gasteiger partial charge is 0.392 e. The van der Waals surface area contributed by atoms with Crippen molar-refractivity contribution in [3.05, 3.63) is 18.0 Å². The van der Waals surface area contributed by atoms with E-state index in [0.29, 0.717) is 6.61 Å². The molecule has 1 rings (SSSR count). The maximum absolute atomic E-state index is 8.69. The van der Waals surface area contributed by atoms with Crippen LogP contribution in [-0.4, -0.2) is 28.6 Å². The number of nitrogens with zero attached hydrogens (tertiary/aromatic N) is 2. The highest BCUT2D eigenvalue weighted by atomic mass is 16.5. The number of aliphatic hydroxyl groups excluding tert-OH is 1. The summed E-state index contributed by atoms with van der Waals surface area (Å²) in [5.41, 5.74) is 0.834. The molecule has 62 valence electrons. The van der Waals surface area contributed by atoms with E-state index < -0.39 is 0 Å². The molecule has 0 radical (unpaired) electrons. The highest BCUT2D eigenvalue weighted by Crippen LogP contribution is 1.95. The van der Waals surface area contributed by atoms with Crippen LogP contribution in [0.1, 0.15) is 5.56 Å². The van der Waals surface area contributed by atoms with Crippen LogP contribution in [0.15, 0.2) is 12.4 Å². The zero-order valence-electron chi connectivity index (χ0n) is 6.53. The maximum Gasteiger partial charge on any atom is 0.0712 e. The number of aromatic nitrogens is 2. The van der Waals surface area contributed by atoms with Crippen molar-refractivity contribution in [3.63, 3.8) is 0 Å². The zero-order valence-corrected chi connectivity index (χ0v) is 6.53. The van der Waals surface area contributed by atoms with Crippen LogP contribution in [0.4, 0.5) is 0 Å². The summed E-state index contributed by atoms with van der Waals surface area (Å²) in [5.74, 6) is 0. The predicted molar refractivity (Wildman–Crippen MR) is 40.0 cm³/mol. The maximum atomic E-state index is 8.69. The van der Waals surface area contributed by atoms with Crippen molar-refractivity contribution in [2.75, 3.05) is 13.7 Å². The van der Waals surface area contributed by atoms with Crippen LogP contribution in [0.3, 0.4) is 0 Å². The number of rotatable bonds is 4. The number of methoxy groups -OCH3 is 1. The summed E-state index contributed by atoms with van der Waals surface area (Å²) in [5, 5.41) is 12.7. The molecule has 0 saturated carbocycles. The Bertz CT molecular complexity index is 210. The zero-order chi connectivity index (χ0) is 8.10. The van der Waals surface area contributed by atoms with Crippen LogP contribution in [0.2, 0.25) is 0 Å². The van der Waals surface area contributed by atoms with Crippen LogP contribution < -0.4 is 0 Å². The summed E-state index contributed by atoms with van der Waals surface area (Å²) in [6, 6.07) is 0. The Labute approximate surface area is 65.4 Å². The third kappa shape index (κ3) is 2.32. The van der Waals surface area contributed by atoms with Gasteiger partial charge in [0.25, 0.3) is 0 Å². The molecule has 0 aliphatic carbocycles. The Balaban J connectivity index is 2.44. The van der Waals surface area contributed by atoms with Crippen LogP contribution >= 0.6 is 0 Å². The van der Waals surface area contributed by atoms with E-state index in [1.165, 1.54) is 0 Å². The molecule has 4 nitrogen and oxygen atoms in total. The van der Waals surface area contributed by atoms with Crippen molar-refractivity contribution in [1.29, 1.82) is 0 Å². The van der Waals surface area contributed by atoms with Crippen molar-refractivity contribution in [2.24, 2.45) is 0 Å². The molecule has 0 fully saturated rings. The van der Waals surface area contributed by atoms with Gasteiger partial charge in [-0.1, -0.05) is 0 Å². The van der Waals surface area contributed by atoms with Crippen LogP contribution in [0.25, 0.3) is 0 Å². The summed E-state index contributed by atoms with van der Waals surface area (Å²) in [7, 11) is 1.65. The van der Waals surface area contributed by atoms with E-state index in [1.54, 1.807) is 24.2 Å². The van der Waals surface area contributed by atoms with Crippen molar-refractivity contribution >= 4 is 0 Å². The lowest BCUT2D eigenvalue weighted by Gasteiger charge is -1.97. The Hall–Kier alpha value is -0.870. The molecule has 0 saturated heterocycles. The summed E-state index contributed by atoms with van der Waals surface area (Å²) in [6.45, 7) is 1.43. The fourth-order valence-electron chi connectivity index (χ4n) is 0.795. The Kier molecular flexibility index (Phi) is 3.07. The molecule has 1 aromatic rings. The second-order valence-electron chi connectivity index (χ2n) is 2.26. The Morgan fingerprint density at radius 3 is 3.09 bits per heavy atom. The van der Waals surface area contributed by atoms with Crippen LogP contribution in [0.5, 0.6) is 0 Å². The topological polar surface area (TPSA) is 47.3 Å². The second-order valence-corrected chi connectivity index (χ2v) is 2.26. The number of hydrogen-bond acceptors (Lipinski definition) is 3. The average Bonchev–Trinajstić information content (AvgIpc) is 2.48. The molecule has 0 aromatic carbocycles. The molecule has 4 heteroatoms. The van der Waals surface area contributed by atoms with Gasteiger partial charge in [0.05, 0.1) is 26.0 Å². The van der Waals surface area contributed by atoms with Crippen LogP contribution in [-0.2, 0) is 17.9 Å². The van der Waals surface area contributed by atoms with Crippen molar-refractivity contribution in [2.45, 2.75) is 13.2 Å². The first-order valence-corrected chi connectivity index (χ1v) is 3.48. The fraction of sp³-hybridized carbons (Fsp3) is 0.571. The Morgan fingerprint density at radius 2 is 2.55 bits per heavy atom. The SMILES string of the molecule is COCCn1cc(CO)cn1. The molecule has 0 atom stereocenters. The highest BCUT2D eigenvalue weighted by molar-refractivity contribution is 5.01. The van der Waals surface area contributed by atoms with Gasteiger partial charge < -0.3 is 9.84 Å². The third-order valence-electron chi connectivity index (χ3n) is 1.39. The number of ether oxygens (including phenoxy) is 1. The molecule has 1 heterocycles. The molecule has 1 aromatic heterocycles. The van der Waals surface area contributed by atoms with Gasteiger partial charge in [0, 0.05) is 18.9 Å². The third-order valence-corrected chi connectivity index (χ3v) is 1.39. The predicted octanol–water partition coefficient (Wildman–Crippen LogP) is 0.0218. The molecule has 0 aliphatic rings. The standard InChI is InChI=1S/C7H12N2O2/c1-11-3-2-9-5-7(6-10)4-8-9/h4-5,10H,2-3,6H2,1H3. The van der Waals surface area contributed by atoms with Gasteiger partial charge in [-0.2, -0.15) is 5.10 Å². The van der Waals surface area contributed by atoms with Gasteiger partial charge in [0.1, 0.15) is 0 Å². The van der Waals surface area contributed by atoms with Crippen molar-refractivity contribution in [1.82, 2.24) is 9.78 Å². The summed E-state index contributed by atoms with van der Waals surface area (Å²) < 4.78 is 6.61. The van der Waals surface area contributed by atoms with Gasteiger partial charge in [0.2, 0.25) is 0 Å². The van der Waals surface area contributed by atoms with E-state index in [1.807, 2.05) is 0 Å². The van der Waals surface area contributed by atoms with E-state index in [-0.39, 0.29) is 6.61 Å². The number of aliphatic hydroxyl groups is 1. The highest BCUT2D eigenvalue weighted by Gasteiger charge is 1.94. The minimum absolute atomic E-state index is 0.0486. The first-order chi connectivity index (χ1) is 5.36. The minimum Gasteiger partial charge on any atom is -0.392 e. The van der Waals surface area contributed by atoms with E-state index in [9.17, 15) is 0 Å². The van der Waals surface area contributed by atoms with Gasteiger partial charge >= 0.3 is 0 Å². The lowest BCUT2D eigenvalue weighted by Crippen LogP contribution is -2.03. The minimum atomic E-state index is 0.0486. The molecular weight excluding hydrogens is 144 g/mol. The molecule has 0 unspecified atom stereocenters. The monoisotopic (exact) mass is 156 g/mol. The average molecular weight is 156 g/mol. The first kappa shape index (κ1) is 8.23. The molecule has 0 amide bonds. The van der Waals surface area contributed by atoms with E-state index in [0.717, 1.165) is 12.1 Å². The fourth-order valence-corrected chi connectivity index (χ4v) is 0.795. The summed E-state index contributed by atoms with van der Waals surface area (Å²) >= 11 is 0. The van der Waals surface area contributed by atoms with Gasteiger partial charge in [-0.3, -0.25) is 4.68 Å². The van der Waals surface area contributed by atoms with E-state index in [4.69, 9.17) is 9.84 Å². The molecular formula is C7H12N2O2. The molecule has 11 heavy (non-hydrogen) atoms. The Morgan fingerprint density at radius 1 is 1.73 bits per heavy atom. The van der Waals surface area contributed by atoms with E-state index >= 15 is 0 Å². The molecule has 0 spiro atoms. The van der Waals surface area contributed by atoms with Gasteiger partial charge in [-0.05, 0) is 0 Å². The van der Waals surface area contributed by atoms with Gasteiger partial charge in [0.15, 0.2) is 0 Å². The first-order valence-electron chi connectivity index (χ1n) is 3.48. The van der Waals surface area contributed by atoms with Gasteiger partial charge in [-0.25, -0.2) is 0 Å².